The molecule has 0 spiro atoms. The third-order valence-corrected chi connectivity index (χ3v) is 8.73. The first-order chi connectivity index (χ1) is 18.4. The van der Waals surface area contributed by atoms with Gasteiger partial charge in [0.25, 0.3) is 20.0 Å². The predicted molar refractivity (Wildman–Crippen MR) is 150 cm³/mol. The van der Waals surface area contributed by atoms with Gasteiger partial charge in [-0.1, -0.05) is 35.9 Å². The van der Waals surface area contributed by atoms with Crippen LogP contribution in [0.15, 0.2) is 94.7 Å². The van der Waals surface area contributed by atoms with E-state index >= 15 is 0 Å². The minimum atomic E-state index is -4.05. The van der Waals surface area contributed by atoms with Crippen LogP contribution in [0.4, 0.5) is 17.3 Å². The van der Waals surface area contributed by atoms with Crippen molar-refractivity contribution in [2.24, 2.45) is 0 Å². The van der Waals surface area contributed by atoms with E-state index in [0.717, 1.165) is 9.87 Å². The summed E-state index contributed by atoms with van der Waals surface area (Å²) >= 11 is 0. The van der Waals surface area contributed by atoms with Crippen molar-refractivity contribution in [1.82, 2.24) is 9.97 Å². The van der Waals surface area contributed by atoms with Gasteiger partial charge in [0.05, 0.1) is 15.5 Å². The van der Waals surface area contributed by atoms with Gasteiger partial charge in [0.1, 0.15) is 6.54 Å². The molecule has 12 heteroatoms. The standard InChI is InChI=1S/C27H27N5O5S2/c1-19-9-13-25(14-10-19)39(36,37)32(23-7-5-4-6-8-23)18-26(33)30-22-11-15-24(16-12-22)38(34,35)31-27-28-20(2)17-21(3)29-27/h4-17H,18H2,1-3H3,(H,30,33)(H,28,29,31). The van der Waals surface area contributed by atoms with Crippen molar-refractivity contribution in [2.45, 2.75) is 30.6 Å². The molecule has 0 bridgehead atoms. The number of nitrogens with one attached hydrogen (secondary N) is 2. The van der Waals surface area contributed by atoms with Crippen molar-refractivity contribution in [3.8, 4) is 0 Å². The van der Waals surface area contributed by atoms with E-state index in [1.807, 2.05) is 6.92 Å². The second-order valence-electron chi connectivity index (χ2n) is 8.81. The molecule has 0 aliphatic carbocycles. The number of sulfonamides is 2. The molecule has 39 heavy (non-hydrogen) atoms. The Morgan fingerprint density at radius 2 is 1.33 bits per heavy atom. The SMILES string of the molecule is Cc1ccc(S(=O)(=O)N(CC(=O)Nc2ccc(S(=O)(=O)Nc3nc(C)cc(C)n3)cc2)c2ccccc2)cc1. The van der Waals surface area contributed by atoms with E-state index in [1.165, 1.54) is 36.4 Å². The zero-order valence-corrected chi connectivity index (χ0v) is 23.1. The van der Waals surface area contributed by atoms with Crippen molar-refractivity contribution >= 4 is 43.3 Å². The van der Waals surface area contributed by atoms with Gasteiger partial charge in [-0.2, -0.15) is 0 Å². The number of aromatic nitrogens is 2. The van der Waals surface area contributed by atoms with Crippen LogP contribution in [-0.2, 0) is 24.8 Å². The number of amides is 1. The van der Waals surface area contributed by atoms with Crippen molar-refractivity contribution in [2.75, 3.05) is 20.9 Å². The first-order valence-electron chi connectivity index (χ1n) is 11.8. The van der Waals surface area contributed by atoms with Crippen LogP contribution >= 0.6 is 0 Å². The molecular formula is C27H27N5O5S2. The molecule has 0 saturated carbocycles. The fraction of sp³-hybridized carbons (Fsp3) is 0.148. The van der Waals surface area contributed by atoms with Crippen LogP contribution in [-0.4, -0.2) is 39.3 Å². The quantitative estimate of drug-likeness (QED) is 0.312. The summed E-state index contributed by atoms with van der Waals surface area (Å²) in [5.41, 5.74) is 2.76. The van der Waals surface area contributed by atoms with E-state index < -0.39 is 32.5 Å². The summed E-state index contributed by atoms with van der Waals surface area (Å²) < 4.78 is 55.8. The number of anilines is 3. The molecular weight excluding hydrogens is 538 g/mol. The lowest BCUT2D eigenvalue weighted by atomic mass is 10.2. The lowest BCUT2D eigenvalue weighted by Crippen LogP contribution is -2.38. The van der Waals surface area contributed by atoms with Crippen LogP contribution in [0, 0.1) is 20.8 Å². The van der Waals surface area contributed by atoms with E-state index in [0.29, 0.717) is 22.8 Å². The van der Waals surface area contributed by atoms with Crippen molar-refractivity contribution in [1.29, 1.82) is 0 Å². The van der Waals surface area contributed by atoms with E-state index in [9.17, 15) is 21.6 Å². The maximum Gasteiger partial charge on any atom is 0.264 e. The average Bonchev–Trinajstić information content (AvgIpc) is 2.87. The number of benzene rings is 3. The van der Waals surface area contributed by atoms with Crippen molar-refractivity contribution < 1.29 is 21.6 Å². The molecule has 0 atom stereocenters. The smallest absolute Gasteiger partial charge is 0.264 e. The molecule has 0 unspecified atom stereocenters. The van der Waals surface area contributed by atoms with E-state index in [1.54, 1.807) is 62.4 Å². The van der Waals surface area contributed by atoms with Crippen LogP contribution in [0.1, 0.15) is 17.0 Å². The highest BCUT2D eigenvalue weighted by molar-refractivity contribution is 7.93. The van der Waals surface area contributed by atoms with Crippen molar-refractivity contribution in [3.05, 3.63) is 102 Å². The molecule has 10 nitrogen and oxygen atoms in total. The molecule has 3 aromatic carbocycles. The Balaban J connectivity index is 1.51. The molecule has 0 aliphatic heterocycles. The number of carbonyl (C=O) groups excluding carboxylic acids is 1. The van der Waals surface area contributed by atoms with Gasteiger partial charge in [0.15, 0.2) is 0 Å². The van der Waals surface area contributed by atoms with Crippen LogP contribution < -0.4 is 14.3 Å². The highest BCUT2D eigenvalue weighted by Gasteiger charge is 2.27. The normalized spacial score (nSPS) is 11.6. The number of carbonyl (C=O) groups is 1. The molecule has 0 radical (unpaired) electrons. The second kappa shape index (κ2) is 11.2. The molecule has 0 fully saturated rings. The van der Waals surface area contributed by atoms with Gasteiger partial charge in [0.2, 0.25) is 11.9 Å². The van der Waals surface area contributed by atoms with E-state index in [2.05, 4.69) is 20.0 Å². The molecule has 202 valence electrons. The lowest BCUT2D eigenvalue weighted by Gasteiger charge is -2.24. The number of aryl methyl sites for hydroxylation is 3. The maximum absolute atomic E-state index is 13.4. The third-order valence-electron chi connectivity index (χ3n) is 5.60. The molecule has 1 amide bonds. The largest absolute Gasteiger partial charge is 0.325 e. The monoisotopic (exact) mass is 565 g/mol. The van der Waals surface area contributed by atoms with Crippen LogP contribution in [0.25, 0.3) is 0 Å². The molecule has 1 aromatic heterocycles. The molecule has 2 N–H and O–H groups in total. The summed E-state index contributed by atoms with van der Waals surface area (Å²) in [6.45, 7) is 4.82. The van der Waals surface area contributed by atoms with Gasteiger partial charge in [0, 0.05) is 17.1 Å². The third kappa shape index (κ3) is 6.78. The highest BCUT2D eigenvalue weighted by atomic mass is 32.2. The van der Waals surface area contributed by atoms with Gasteiger partial charge in [-0.05, 0) is 75.4 Å². The summed E-state index contributed by atoms with van der Waals surface area (Å²) in [6.07, 6.45) is 0. The Bertz CT molecular complexity index is 1670. The summed E-state index contributed by atoms with van der Waals surface area (Å²) in [6, 6.07) is 21.9. The zero-order valence-electron chi connectivity index (χ0n) is 21.5. The Hall–Kier alpha value is -4.29. The number of rotatable bonds is 9. The summed E-state index contributed by atoms with van der Waals surface area (Å²) in [5.74, 6) is -0.646. The summed E-state index contributed by atoms with van der Waals surface area (Å²) in [5, 5.41) is 2.63. The Morgan fingerprint density at radius 1 is 0.769 bits per heavy atom. The fourth-order valence-electron chi connectivity index (χ4n) is 3.75. The second-order valence-corrected chi connectivity index (χ2v) is 12.4. The Labute approximate surface area is 227 Å². The van der Waals surface area contributed by atoms with E-state index in [4.69, 9.17) is 0 Å². The van der Waals surface area contributed by atoms with E-state index in [-0.39, 0.29) is 15.7 Å². The predicted octanol–water partition coefficient (Wildman–Crippen LogP) is 4.04. The zero-order chi connectivity index (χ0) is 28.2. The summed E-state index contributed by atoms with van der Waals surface area (Å²) in [7, 11) is -8.02. The Kier molecular flexibility index (Phi) is 7.98. The van der Waals surface area contributed by atoms with Crippen LogP contribution in [0.2, 0.25) is 0 Å². The van der Waals surface area contributed by atoms with Crippen LogP contribution in [0.3, 0.4) is 0 Å². The fourth-order valence-corrected chi connectivity index (χ4v) is 6.11. The first-order valence-corrected chi connectivity index (χ1v) is 14.8. The first kappa shape index (κ1) is 27.7. The minimum absolute atomic E-state index is 0.0410. The number of para-hydroxylation sites is 1. The van der Waals surface area contributed by atoms with Crippen LogP contribution in [0.5, 0.6) is 0 Å². The molecule has 1 heterocycles. The van der Waals surface area contributed by atoms with Gasteiger partial charge >= 0.3 is 0 Å². The number of hydrogen-bond acceptors (Lipinski definition) is 7. The molecule has 4 rings (SSSR count). The topological polar surface area (TPSA) is 138 Å². The number of hydrogen-bond donors (Lipinski definition) is 2. The lowest BCUT2D eigenvalue weighted by molar-refractivity contribution is -0.114. The average molecular weight is 566 g/mol. The van der Waals surface area contributed by atoms with Gasteiger partial charge in [-0.25, -0.2) is 31.5 Å². The molecule has 4 aromatic rings. The van der Waals surface area contributed by atoms with Gasteiger partial charge < -0.3 is 5.32 Å². The Morgan fingerprint density at radius 3 is 1.92 bits per heavy atom. The number of nitrogens with zero attached hydrogens (tertiary/aromatic N) is 3. The maximum atomic E-state index is 13.4. The minimum Gasteiger partial charge on any atom is -0.325 e. The molecule has 0 aliphatic rings. The highest BCUT2D eigenvalue weighted by Crippen LogP contribution is 2.24. The summed E-state index contributed by atoms with van der Waals surface area (Å²) in [4.78, 5) is 21.1. The van der Waals surface area contributed by atoms with Gasteiger partial charge in [-0.3, -0.25) is 9.10 Å². The van der Waals surface area contributed by atoms with Crippen molar-refractivity contribution in [3.63, 3.8) is 0 Å². The molecule has 0 saturated heterocycles. The van der Waals surface area contributed by atoms with Gasteiger partial charge in [-0.15, -0.1) is 0 Å².